The highest BCUT2D eigenvalue weighted by Crippen LogP contribution is 2.32. The van der Waals surface area contributed by atoms with Crippen LogP contribution in [0, 0.1) is 17.8 Å². The molecule has 2 rings (SSSR count). The van der Waals surface area contributed by atoms with Crippen molar-refractivity contribution in [2.24, 2.45) is 17.8 Å². The van der Waals surface area contributed by atoms with Gasteiger partial charge >= 0.3 is 0 Å². The van der Waals surface area contributed by atoms with Crippen LogP contribution in [0.5, 0.6) is 0 Å². The summed E-state index contributed by atoms with van der Waals surface area (Å²) in [7, 11) is 0. The normalized spacial score (nSPS) is 29.3. The fraction of sp³-hybridized carbons (Fsp3) is 1.00. The first-order chi connectivity index (χ1) is 11.0. The Balaban J connectivity index is 1.61. The van der Waals surface area contributed by atoms with Gasteiger partial charge in [-0.15, -0.1) is 0 Å². The van der Waals surface area contributed by atoms with E-state index in [1.165, 1.54) is 64.5 Å². The molecule has 0 amide bonds. The molecule has 2 fully saturated rings. The Morgan fingerprint density at radius 2 is 1.48 bits per heavy atom. The third-order valence-corrected chi connectivity index (χ3v) is 6.39. The average molecular weight is 324 g/mol. The summed E-state index contributed by atoms with van der Waals surface area (Å²) in [4.78, 5) is 2.76. The summed E-state index contributed by atoms with van der Waals surface area (Å²) < 4.78 is 5.98. The fourth-order valence-corrected chi connectivity index (χ4v) is 4.63. The summed E-state index contributed by atoms with van der Waals surface area (Å²) in [5.41, 5.74) is 0. The minimum absolute atomic E-state index is 0.394. The summed E-state index contributed by atoms with van der Waals surface area (Å²) >= 11 is 0. The van der Waals surface area contributed by atoms with Crippen molar-refractivity contribution in [1.82, 2.24) is 4.90 Å². The van der Waals surface area contributed by atoms with Gasteiger partial charge in [-0.1, -0.05) is 13.8 Å². The third-order valence-electron chi connectivity index (χ3n) is 6.39. The van der Waals surface area contributed by atoms with Crippen LogP contribution in [0.2, 0.25) is 0 Å². The zero-order valence-corrected chi connectivity index (χ0v) is 16.4. The molecule has 1 heterocycles. The van der Waals surface area contributed by atoms with Crippen molar-refractivity contribution in [2.75, 3.05) is 13.1 Å². The predicted molar refractivity (Wildman–Crippen MR) is 99.8 cm³/mol. The maximum Gasteiger partial charge on any atom is 0.0578 e. The van der Waals surface area contributed by atoms with Crippen molar-refractivity contribution < 1.29 is 4.74 Å². The highest BCUT2D eigenvalue weighted by Gasteiger charge is 2.26. The Hall–Kier alpha value is -0.0800. The van der Waals surface area contributed by atoms with E-state index < -0.39 is 0 Å². The molecular weight excluding hydrogens is 282 g/mol. The van der Waals surface area contributed by atoms with Gasteiger partial charge in [-0.25, -0.2) is 0 Å². The van der Waals surface area contributed by atoms with Gasteiger partial charge in [0, 0.05) is 6.04 Å². The van der Waals surface area contributed by atoms with Gasteiger partial charge in [0.25, 0.3) is 0 Å². The predicted octanol–water partition coefficient (Wildman–Crippen LogP) is 5.51. The minimum atomic E-state index is 0.394. The molecule has 136 valence electrons. The fourth-order valence-electron chi connectivity index (χ4n) is 4.63. The van der Waals surface area contributed by atoms with Gasteiger partial charge in [0.15, 0.2) is 0 Å². The topological polar surface area (TPSA) is 12.5 Å². The van der Waals surface area contributed by atoms with Crippen molar-refractivity contribution in [3.05, 3.63) is 0 Å². The Labute approximate surface area is 145 Å². The van der Waals surface area contributed by atoms with Gasteiger partial charge in [-0.2, -0.15) is 0 Å². The molecule has 0 N–H and O–H groups in total. The molecule has 2 aliphatic rings. The second kappa shape index (κ2) is 9.42. The molecule has 0 radical (unpaired) electrons. The quantitative estimate of drug-likeness (QED) is 0.613. The number of rotatable bonds is 7. The first-order valence-corrected chi connectivity index (χ1v) is 10.3. The molecule has 1 aliphatic heterocycles. The zero-order valence-electron chi connectivity index (χ0n) is 16.4. The van der Waals surface area contributed by atoms with E-state index in [9.17, 15) is 0 Å². The van der Waals surface area contributed by atoms with Crippen LogP contribution in [-0.4, -0.2) is 36.2 Å². The molecule has 1 saturated heterocycles. The SMILES string of the molecule is CC(C)OC1CCC(CCC(C)N2CCC(C(C)C)CC2)CC1. The molecule has 0 aromatic carbocycles. The first kappa shape index (κ1) is 19.2. The van der Waals surface area contributed by atoms with Crippen LogP contribution in [0.15, 0.2) is 0 Å². The minimum Gasteiger partial charge on any atom is -0.376 e. The second-order valence-corrected chi connectivity index (χ2v) is 8.87. The molecule has 1 atom stereocenters. The highest BCUT2D eigenvalue weighted by molar-refractivity contribution is 4.80. The molecule has 0 aromatic rings. The van der Waals surface area contributed by atoms with Gasteiger partial charge in [-0.3, -0.25) is 0 Å². The van der Waals surface area contributed by atoms with Crippen LogP contribution in [0.3, 0.4) is 0 Å². The van der Waals surface area contributed by atoms with Crippen molar-refractivity contribution in [3.8, 4) is 0 Å². The van der Waals surface area contributed by atoms with Crippen molar-refractivity contribution in [3.63, 3.8) is 0 Å². The van der Waals surface area contributed by atoms with E-state index >= 15 is 0 Å². The lowest BCUT2D eigenvalue weighted by molar-refractivity contribution is -0.0208. The van der Waals surface area contributed by atoms with Gasteiger partial charge < -0.3 is 9.64 Å². The van der Waals surface area contributed by atoms with Crippen molar-refractivity contribution >= 4 is 0 Å². The molecule has 1 saturated carbocycles. The van der Waals surface area contributed by atoms with Crippen LogP contribution in [0.25, 0.3) is 0 Å². The number of ether oxygens (including phenoxy) is 1. The number of hydrogen-bond donors (Lipinski definition) is 0. The van der Waals surface area contributed by atoms with E-state index in [0.29, 0.717) is 12.2 Å². The van der Waals surface area contributed by atoms with Crippen molar-refractivity contribution in [1.29, 1.82) is 0 Å². The largest absolute Gasteiger partial charge is 0.376 e. The highest BCUT2D eigenvalue weighted by atomic mass is 16.5. The van der Waals surface area contributed by atoms with Crippen LogP contribution in [-0.2, 0) is 4.74 Å². The molecule has 1 aliphatic carbocycles. The summed E-state index contributed by atoms with van der Waals surface area (Å²) in [5, 5.41) is 0. The number of nitrogens with zero attached hydrogens (tertiary/aromatic N) is 1. The maximum atomic E-state index is 5.98. The van der Waals surface area contributed by atoms with Gasteiger partial charge in [0.2, 0.25) is 0 Å². The van der Waals surface area contributed by atoms with E-state index in [4.69, 9.17) is 4.74 Å². The van der Waals surface area contributed by atoms with E-state index in [1.807, 2.05) is 0 Å². The van der Waals surface area contributed by atoms with Gasteiger partial charge in [0.05, 0.1) is 12.2 Å². The second-order valence-electron chi connectivity index (χ2n) is 8.87. The first-order valence-electron chi connectivity index (χ1n) is 10.3. The summed E-state index contributed by atoms with van der Waals surface area (Å²) in [5.74, 6) is 2.79. The van der Waals surface area contributed by atoms with Gasteiger partial charge in [0.1, 0.15) is 0 Å². The van der Waals surface area contributed by atoms with E-state index in [1.54, 1.807) is 0 Å². The smallest absolute Gasteiger partial charge is 0.0578 e. The lowest BCUT2D eigenvalue weighted by Crippen LogP contribution is -2.41. The number of piperidine rings is 1. The zero-order chi connectivity index (χ0) is 16.8. The van der Waals surface area contributed by atoms with E-state index in [-0.39, 0.29) is 0 Å². The maximum absolute atomic E-state index is 5.98. The standard InChI is InChI=1S/C21H41NO/c1-16(2)20-12-14-22(15-13-20)18(5)6-7-19-8-10-21(11-9-19)23-17(3)4/h16-21H,6-15H2,1-5H3. The summed E-state index contributed by atoms with van der Waals surface area (Å²) in [6.07, 6.45) is 11.9. The van der Waals surface area contributed by atoms with E-state index in [2.05, 4.69) is 39.5 Å². The Kier molecular flexibility index (Phi) is 7.88. The molecule has 0 aromatic heterocycles. The Morgan fingerprint density at radius 1 is 0.870 bits per heavy atom. The van der Waals surface area contributed by atoms with Crippen molar-refractivity contribution in [2.45, 2.75) is 104 Å². The molecule has 0 bridgehead atoms. The van der Waals surface area contributed by atoms with E-state index in [0.717, 1.165) is 23.8 Å². The molecule has 23 heavy (non-hydrogen) atoms. The van der Waals surface area contributed by atoms with Gasteiger partial charge in [-0.05, 0) is 103 Å². The Morgan fingerprint density at radius 3 is 2.00 bits per heavy atom. The molecule has 2 heteroatoms. The molecular formula is C21H41NO. The van der Waals surface area contributed by atoms with Crippen LogP contribution in [0.4, 0.5) is 0 Å². The summed E-state index contributed by atoms with van der Waals surface area (Å²) in [6, 6.07) is 0.785. The molecule has 0 spiro atoms. The van der Waals surface area contributed by atoms with Crippen LogP contribution < -0.4 is 0 Å². The number of hydrogen-bond acceptors (Lipinski definition) is 2. The lowest BCUT2D eigenvalue weighted by Gasteiger charge is -2.38. The lowest BCUT2D eigenvalue weighted by atomic mass is 9.83. The Bertz CT molecular complexity index is 312. The number of likely N-dealkylation sites (tertiary alicyclic amines) is 1. The average Bonchev–Trinajstić information content (AvgIpc) is 2.53. The van der Waals surface area contributed by atoms with Crippen LogP contribution in [0.1, 0.15) is 86.0 Å². The summed E-state index contributed by atoms with van der Waals surface area (Å²) in [6.45, 7) is 14.2. The molecule has 2 nitrogen and oxygen atoms in total. The third kappa shape index (κ3) is 6.38. The van der Waals surface area contributed by atoms with Crippen LogP contribution >= 0.6 is 0 Å². The molecule has 1 unspecified atom stereocenters. The monoisotopic (exact) mass is 323 g/mol.